The van der Waals surface area contributed by atoms with Gasteiger partial charge in [0.2, 0.25) is 0 Å². The van der Waals surface area contributed by atoms with Crippen LogP contribution in [0.4, 0.5) is 0 Å². The molecule has 0 aliphatic heterocycles. The van der Waals surface area contributed by atoms with Crippen LogP contribution in [0.1, 0.15) is 18.5 Å². The van der Waals surface area contributed by atoms with Gasteiger partial charge >= 0.3 is 0 Å². The normalized spacial score (nSPS) is 12.1. The Morgan fingerprint density at radius 3 is 2.43 bits per heavy atom. The highest BCUT2D eigenvalue weighted by Crippen LogP contribution is 2.15. The monoisotopic (exact) mass is 194 g/mol. The molecular formula is C10H14N2O2. The van der Waals surface area contributed by atoms with E-state index in [0.717, 1.165) is 5.56 Å². The second-order valence-electron chi connectivity index (χ2n) is 3.11. The molecule has 0 aliphatic carbocycles. The topological polar surface area (TPSA) is 78.3 Å². The summed E-state index contributed by atoms with van der Waals surface area (Å²) in [5, 5.41) is 0. The third-order valence-electron chi connectivity index (χ3n) is 1.79. The van der Waals surface area contributed by atoms with Crippen molar-refractivity contribution in [3.05, 3.63) is 29.8 Å². The summed E-state index contributed by atoms with van der Waals surface area (Å²) in [7, 11) is 0. The fourth-order valence-electron chi connectivity index (χ4n) is 1.02. The average Bonchev–Trinajstić information content (AvgIpc) is 2.15. The number of hydrogen-bond donors (Lipinski definition) is 2. The van der Waals surface area contributed by atoms with Crippen LogP contribution in [0.2, 0.25) is 0 Å². The molecule has 0 bridgehead atoms. The van der Waals surface area contributed by atoms with Crippen molar-refractivity contribution in [2.75, 3.05) is 6.61 Å². The first-order valence-electron chi connectivity index (χ1n) is 4.36. The van der Waals surface area contributed by atoms with E-state index in [1.54, 1.807) is 12.1 Å². The van der Waals surface area contributed by atoms with Crippen molar-refractivity contribution in [1.82, 2.24) is 0 Å². The van der Waals surface area contributed by atoms with Crippen LogP contribution in [-0.2, 0) is 4.79 Å². The predicted octanol–water partition coefficient (Wildman–Crippen LogP) is 0.570. The van der Waals surface area contributed by atoms with Crippen LogP contribution in [-0.4, -0.2) is 12.5 Å². The molecule has 1 aromatic carbocycles. The van der Waals surface area contributed by atoms with Crippen LogP contribution < -0.4 is 16.2 Å². The van der Waals surface area contributed by atoms with E-state index in [4.69, 9.17) is 16.2 Å². The van der Waals surface area contributed by atoms with Gasteiger partial charge in [0, 0.05) is 6.04 Å². The summed E-state index contributed by atoms with van der Waals surface area (Å²) >= 11 is 0. The molecule has 4 heteroatoms. The number of amides is 1. The van der Waals surface area contributed by atoms with Crippen molar-refractivity contribution in [2.45, 2.75) is 13.0 Å². The molecule has 0 saturated carbocycles. The molecule has 0 fully saturated rings. The zero-order valence-corrected chi connectivity index (χ0v) is 8.07. The molecule has 1 rings (SSSR count). The van der Waals surface area contributed by atoms with Gasteiger partial charge in [-0.05, 0) is 24.6 Å². The molecule has 0 aliphatic rings. The molecular weight excluding hydrogens is 180 g/mol. The van der Waals surface area contributed by atoms with Gasteiger partial charge < -0.3 is 16.2 Å². The second-order valence-corrected chi connectivity index (χ2v) is 3.11. The minimum atomic E-state index is -0.485. The van der Waals surface area contributed by atoms with Gasteiger partial charge in [0.25, 0.3) is 5.91 Å². The van der Waals surface area contributed by atoms with E-state index < -0.39 is 5.91 Å². The summed E-state index contributed by atoms with van der Waals surface area (Å²) in [6.07, 6.45) is 0. The Balaban J connectivity index is 2.59. The van der Waals surface area contributed by atoms with Crippen molar-refractivity contribution < 1.29 is 9.53 Å². The van der Waals surface area contributed by atoms with Crippen molar-refractivity contribution in [2.24, 2.45) is 11.5 Å². The van der Waals surface area contributed by atoms with Crippen LogP contribution in [0.5, 0.6) is 5.75 Å². The summed E-state index contributed by atoms with van der Waals surface area (Å²) in [4.78, 5) is 10.4. The molecule has 1 atom stereocenters. The number of hydrogen-bond acceptors (Lipinski definition) is 3. The van der Waals surface area contributed by atoms with Crippen molar-refractivity contribution in [3.8, 4) is 5.75 Å². The van der Waals surface area contributed by atoms with Gasteiger partial charge in [0.1, 0.15) is 5.75 Å². The van der Waals surface area contributed by atoms with E-state index in [1.807, 2.05) is 19.1 Å². The zero-order chi connectivity index (χ0) is 10.6. The molecule has 0 saturated heterocycles. The first-order chi connectivity index (χ1) is 6.59. The smallest absolute Gasteiger partial charge is 0.255 e. The number of carbonyl (C=O) groups excluding carboxylic acids is 1. The number of rotatable bonds is 4. The lowest BCUT2D eigenvalue weighted by Gasteiger charge is -2.07. The highest BCUT2D eigenvalue weighted by Gasteiger charge is 2.00. The Bertz CT molecular complexity index is 306. The second kappa shape index (κ2) is 4.62. The number of nitrogens with two attached hydrogens (primary N) is 2. The van der Waals surface area contributed by atoms with Crippen LogP contribution in [0.15, 0.2) is 24.3 Å². The van der Waals surface area contributed by atoms with Gasteiger partial charge in [-0.15, -0.1) is 0 Å². The van der Waals surface area contributed by atoms with E-state index in [9.17, 15) is 4.79 Å². The van der Waals surface area contributed by atoms with Gasteiger partial charge in [-0.1, -0.05) is 12.1 Å². The van der Waals surface area contributed by atoms with E-state index in [2.05, 4.69) is 0 Å². The summed E-state index contributed by atoms with van der Waals surface area (Å²) in [6.45, 7) is 1.80. The Morgan fingerprint density at radius 1 is 1.43 bits per heavy atom. The third kappa shape index (κ3) is 3.06. The zero-order valence-electron chi connectivity index (χ0n) is 8.07. The third-order valence-corrected chi connectivity index (χ3v) is 1.79. The first-order valence-corrected chi connectivity index (χ1v) is 4.36. The van der Waals surface area contributed by atoms with Crippen LogP contribution in [0.3, 0.4) is 0 Å². The highest BCUT2D eigenvalue weighted by atomic mass is 16.5. The molecule has 0 spiro atoms. The quantitative estimate of drug-likeness (QED) is 0.735. The van der Waals surface area contributed by atoms with Crippen LogP contribution in [0, 0.1) is 0 Å². The lowest BCUT2D eigenvalue weighted by Crippen LogP contribution is -2.20. The molecule has 4 nitrogen and oxygen atoms in total. The van der Waals surface area contributed by atoms with E-state index in [0.29, 0.717) is 5.75 Å². The van der Waals surface area contributed by atoms with Crippen molar-refractivity contribution in [3.63, 3.8) is 0 Å². The molecule has 4 N–H and O–H groups in total. The minimum absolute atomic E-state index is 0.000176. The fourth-order valence-corrected chi connectivity index (χ4v) is 1.02. The maximum Gasteiger partial charge on any atom is 0.255 e. The molecule has 0 heterocycles. The Morgan fingerprint density at radius 2 is 2.00 bits per heavy atom. The Labute approximate surface area is 82.8 Å². The molecule has 1 aromatic rings. The molecule has 0 aromatic heterocycles. The molecule has 76 valence electrons. The summed E-state index contributed by atoms with van der Waals surface area (Å²) < 4.78 is 5.09. The number of carbonyl (C=O) groups is 1. The van der Waals surface area contributed by atoms with Crippen LogP contribution >= 0.6 is 0 Å². The lowest BCUT2D eigenvalue weighted by atomic mass is 10.1. The molecule has 0 radical (unpaired) electrons. The van der Waals surface area contributed by atoms with E-state index in [1.165, 1.54) is 0 Å². The molecule has 0 unspecified atom stereocenters. The van der Waals surface area contributed by atoms with E-state index >= 15 is 0 Å². The molecule has 1 amide bonds. The molecule has 14 heavy (non-hydrogen) atoms. The lowest BCUT2D eigenvalue weighted by molar-refractivity contribution is -0.119. The maximum absolute atomic E-state index is 10.4. The maximum atomic E-state index is 10.4. The van der Waals surface area contributed by atoms with Crippen LogP contribution in [0.25, 0.3) is 0 Å². The van der Waals surface area contributed by atoms with Crippen molar-refractivity contribution in [1.29, 1.82) is 0 Å². The highest BCUT2D eigenvalue weighted by molar-refractivity contribution is 5.75. The SMILES string of the molecule is C[C@@H](N)c1ccc(OCC(N)=O)cc1. The predicted molar refractivity (Wildman–Crippen MR) is 53.7 cm³/mol. The van der Waals surface area contributed by atoms with Gasteiger partial charge in [-0.2, -0.15) is 0 Å². The Kier molecular flexibility index (Phi) is 3.48. The average molecular weight is 194 g/mol. The summed E-state index contributed by atoms with van der Waals surface area (Å²) in [6, 6.07) is 7.26. The summed E-state index contributed by atoms with van der Waals surface area (Å²) in [5.74, 6) is 0.134. The van der Waals surface area contributed by atoms with Gasteiger partial charge in [-0.25, -0.2) is 0 Å². The Hall–Kier alpha value is -1.55. The number of benzene rings is 1. The van der Waals surface area contributed by atoms with Gasteiger partial charge in [-0.3, -0.25) is 4.79 Å². The number of ether oxygens (including phenoxy) is 1. The minimum Gasteiger partial charge on any atom is -0.484 e. The van der Waals surface area contributed by atoms with Gasteiger partial charge in [0.15, 0.2) is 6.61 Å². The van der Waals surface area contributed by atoms with Gasteiger partial charge in [0.05, 0.1) is 0 Å². The first kappa shape index (κ1) is 10.5. The fraction of sp³-hybridized carbons (Fsp3) is 0.300. The van der Waals surface area contributed by atoms with E-state index in [-0.39, 0.29) is 12.6 Å². The largest absolute Gasteiger partial charge is 0.484 e. The van der Waals surface area contributed by atoms with Crippen molar-refractivity contribution >= 4 is 5.91 Å². The standard InChI is InChI=1S/C10H14N2O2/c1-7(11)8-2-4-9(5-3-8)14-6-10(12)13/h2-5,7H,6,11H2,1H3,(H2,12,13)/t7-/m1/s1. The number of primary amides is 1. The summed E-state index contributed by atoms with van der Waals surface area (Å²) in [5.41, 5.74) is 11.6.